The van der Waals surface area contributed by atoms with Gasteiger partial charge in [0.25, 0.3) is 5.91 Å². The number of nitrogens with zero attached hydrogens (tertiary/aromatic N) is 1. The molecule has 166 valence electrons. The molecule has 9 heteroatoms. The van der Waals surface area contributed by atoms with E-state index in [2.05, 4.69) is 0 Å². The molecule has 0 bridgehead atoms. The van der Waals surface area contributed by atoms with Gasteiger partial charge in [-0.05, 0) is 49.7 Å². The first kappa shape index (κ1) is 21.7. The van der Waals surface area contributed by atoms with Gasteiger partial charge in [-0.25, -0.2) is 9.11 Å². The van der Waals surface area contributed by atoms with Gasteiger partial charge in [0.2, 0.25) is 0 Å². The molecule has 30 heavy (non-hydrogen) atoms. The number of halogens is 1. The normalized spacial score (nSPS) is 31.0. The molecule has 4 rings (SSSR count). The van der Waals surface area contributed by atoms with Crippen LogP contribution in [0.15, 0.2) is 30.3 Å². The number of carbonyl (C=O) groups excluding carboxylic acids is 1. The van der Waals surface area contributed by atoms with Crippen molar-refractivity contribution in [3.63, 3.8) is 0 Å². The lowest BCUT2D eigenvalue weighted by Crippen LogP contribution is -2.50. The molecule has 3 aliphatic rings. The van der Waals surface area contributed by atoms with Crippen LogP contribution in [-0.2, 0) is 14.9 Å². The predicted molar refractivity (Wildman–Crippen MR) is 108 cm³/mol. The third-order valence-electron chi connectivity index (χ3n) is 6.38. The number of alkyl halides is 1. The fourth-order valence-corrected chi connectivity index (χ4v) is 6.10. The predicted octanol–water partition coefficient (Wildman–Crippen LogP) is 2.38. The average Bonchev–Trinajstić information content (AvgIpc) is 3.54. The number of benzene rings is 1. The van der Waals surface area contributed by atoms with Crippen LogP contribution < -0.4 is 4.72 Å². The molecule has 1 amide bonds. The minimum atomic E-state index is -4.50. The van der Waals surface area contributed by atoms with Crippen LogP contribution in [0.3, 0.4) is 0 Å². The van der Waals surface area contributed by atoms with Crippen LogP contribution in [0.1, 0.15) is 55.3 Å². The van der Waals surface area contributed by atoms with E-state index in [4.69, 9.17) is 4.74 Å². The van der Waals surface area contributed by atoms with Gasteiger partial charge in [0.1, 0.15) is 12.2 Å². The van der Waals surface area contributed by atoms with Gasteiger partial charge in [0.15, 0.2) is 6.30 Å². The van der Waals surface area contributed by atoms with Crippen LogP contribution in [0.4, 0.5) is 4.39 Å². The van der Waals surface area contributed by atoms with Crippen LogP contribution in [-0.4, -0.2) is 54.9 Å². The van der Waals surface area contributed by atoms with Gasteiger partial charge in [0, 0.05) is 12.2 Å². The van der Waals surface area contributed by atoms with E-state index in [0.717, 1.165) is 38.5 Å². The molecule has 4 atom stereocenters. The number of rotatable bonds is 7. The molecule has 2 saturated carbocycles. The number of hydrogen-bond donors (Lipinski definition) is 2. The van der Waals surface area contributed by atoms with Crippen molar-refractivity contribution in [1.29, 1.82) is 0 Å². The maximum absolute atomic E-state index is 15.0. The van der Waals surface area contributed by atoms with Crippen LogP contribution in [0.2, 0.25) is 0 Å². The first-order valence-electron chi connectivity index (χ1n) is 10.7. The van der Waals surface area contributed by atoms with E-state index in [9.17, 15) is 18.3 Å². The lowest BCUT2D eigenvalue weighted by molar-refractivity contribution is -0.0588. The van der Waals surface area contributed by atoms with Crippen molar-refractivity contribution in [3.05, 3.63) is 35.9 Å². The summed E-state index contributed by atoms with van der Waals surface area (Å²) < 4.78 is 49.5. The van der Waals surface area contributed by atoms with Gasteiger partial charge < -0.3 is 9.84 Å². The summed E-state index contributed by atoms with van der Waals surface area (Å²) in [5.41, 5.74) is 0.157. The summed E-state index contributed by atoms with van der Waals surface area (Å²) in [6, 6.07) is 7.06. The lowest BCUT2D eigenvalue weighted by Gasteiger charge is -2.29. The molecule has 1 saturated heterocycles. The minimum absolute atomic E-state index is 0.0832. The summed E-state index contributed by atoms with van der Waals surface area (Å²) in [6.07, 6.45) is 2.34. The zero-order chi connectivity index (χ0) is 21.3. The standard InChI is InChI=1S/C21H29FN2O5S/c22-20-18(25)19(29-13-14-7-3-1-4-8-14)17(15-11-12-15)24(20)30(27,28)23-21(26)16-9-5-2-6-10-16/h2,5-6,9-10,14-15,17-20,25H,1,3-4,7-8,11-13H2,(H,23,26)/t17?,18-,19?,20?/m0/s1. The quantitative estimate of drug-likeness (QED) is 0.635. The number of ether oxygens (including phenoxy) is 1. The van der Waals surface area contributed by atoms with Gasteiger partial charge in [-0.15, -0.1) is 4.31 Å². The van der Waals surface area contributed by atoms with Crippen molar-refractivity contribution >= 4 is 16.1 Å². The van der Waals surface area contributed by atoms with Crippen molar-refractivity contribution in [2.45, 2.75) is 69.5 Å². The highest BCUT2D eigenvalue weighted by Crippen LogP contribution is 2.45. The molecule has 1 aromatic rings. The lowest BCUT2D eigenvalue weighted by atomic mass is 9.90. The SMILES string of the molecule is O=C(NS(=O)(=O)N1C(C2CC2)C(OCC2CCCCC2)[C@H](O)C1F)c1ccccc1. The molecule has 2 aliphatic carbocycles. The van der Waals surface area contributed by atoms with Gasteiger partial charge >= 0.3 is 10.2 Å². The average molecular weight is 441 g/mol. The maximum Gasteiger partial charge on any atom is 0.306 e. The Bertz CT molecular complexity index is 842. The van der Waals surface area contributed by atoms with Crippen LogP contribution in [0, 0.1) is 11.8 Å². The third-order valence-corrected chi connectivity index (χ3v) is 7.82. The summed E-state index contributed by atoms with van der Waals surface area (Å²) in [5, 5.41) is 10.5. The Morgan fingerprint density at radius 3 is 2.43 bits per heavy atom. The number of aliphatic hydroxyl groups excluding tert-OH is 1. The molecule has 0 radical (unpaired) electrons. The number of carbonyl (C=O) groups is 1. The fraction of sp³-hybridized carbons (Fsp3) is 0.667. The molecule has 0 spiro atoms. The Kier molecular flexibility index (Phi) is 6.43. The molecular weight excluding hydrogens is 411 g/mol. The van der Waals surface area contributed by atoms with Gasteiger partial charge in [0.05, 0.1) is 6.04 Å². The number of amides is 1. The largest absolute Gasteiger partial charge is 0.386 e. The Morgan fingerprint density at radius 1 is 1.13 bits per heavy atom. The van der Waals surface area contributed by atoms with E-state index in [1.165, 1.54) is 18.6 Å². The maximum atomic E-state index is 15.0. The van der Waals surface area contributed by atoms with Gasteiger partial charge in [-0.2, -0.15) is 8.42 Å². The van der Waals surface area contributed by atoms with Crippen LogP contribution >= 0.6 is 0 Å². The Balaban J connectivity index is 1.50. The molecule has 1 heterocycles. The molecule has 0 aromatic heterocycles. The minimum Gasteiger partial charge on any atom is -0.386 e. The molecule has 2 N–H and O–H groups in total. The molecule has 7 nitrogen and oxygen atoms in total. The first-order chi connectivity index (χ1) is 14.4. The molecule has 3 fully saturated rings. The van der Waals surface area contributed by atoms with Crippen LogP contribution in [0.5, 0.6) is 0 Å². The first-order valence-corrected chi connectivity index (χ1v) is 12.2. The third kappa shape index (κ3) is 4.54. The van der Waals surface area contributed by atoms with Crippen molar-refractivity contribution in [2.24, 2.45) is 11.8 Å². The molecule has 3 unspecified atom stereocenters. The summed E-state index contributed by atoms with van der Waals surface area (Å²) in [7, 11) is -4.50. The summed E-state index contributed by atoms with van der Waals surface area (Å²) in [5.74, 6) is -0.564. The zero-order valence-electron chi connectivity index (χ0n) is 16.8. The molecule has 1 aromatic carbocycles. The van der Waals surface area contributed by atoms with E-state index in [1.54, 1.807) is 18.2 Å². The summed E-state index contributed by atoms with van der Waals surface area (Å²) in [6.45, 7) is 0.391. The summed E-state index contributed by atoms with van der Waals surface area (Å²) >= 11 is 0. The monoisotopic (exact) mass is 440 g/mol. The van der Waals surface area contributed by atoms with E-state index < -0.39 is 40.7 Å². The Labute approximate surface area is 176 Å². The van der Waals surface area contributed by atoms with Crippen molar-refractivity contribution in [3.8, 4) is 0 Å². The van der Waals surface area contributed by atoms with Crippen molar-refractivity contribution in [1.82, 2.24) is 9.03 Å². The van der Waals surface area contributed by atoms with E-state index in [1.807, 2.05) is 4.72 Å². The van der Waals surface area contributed by atoms with Gasteiger partial charge in [-0.1, -0.05) is 37.5 Å². The highest BCUT2D eigenvalue weighted by molar-refractivity contribution is 7.87. The van der Waals surface area contributed by atoms with Gasteiger partial charge in [-0.3, -0.25) is 4.79 Å². The van der Waals surface area contributed by atoms with Crippen LogP contribution in [0.25, 0.3) is 0 Å². The second-order valence-corrected chi connectivity index (χ2v) is 10.2. The Hall–Kier alpha value is -1.55. The van der Waals surface area contributed by atoms with E-state index in [-0.39, 0.29) is 11.5 Å². The fourth-order valence-electron chi connectivity index (χ4n) is 4.64. The number of nitrogens with one attached hydrogen (secondary N) is 1. The van der Waals surface area contributed by atoms with Crippen molar-refractivity contribution < 1.29 is 27.4 Å². The van der Waals surface area contributed by atoms with E-state index in [0.29, 0.717) is 16.8 Å². The zero-order valence-corrected chi connectivity index (χ0v) is 17.6. The Morgan fingerprint density at radius 2 is 1.80 bits per heavy atom. The molecule has 1 aliphatic heterocycles. The van der Waals surface area contributed by atoms with E-state index >= 15 is 4.39 Å². The molecular formula is C21H29FN2O5S. The smallest absolute Gasteiger partial charge is 0.306 e. The highest BCUT2D eigenvalue weighted by Gasteiger charge is 2.59. The second kappa shape index (κ2) is 8.90. The second-order valence-electron chi connectivity index (χ2n) is 8.63. The number of hydrogen-bond acceptors (Lipinski definition) is 5. The van der Waals surface area contributed by atoms with Crippen molar-refractivity contribution in [2.75, 3.05) is 6.61 Å². The highest BCUT2D eigenvalue weighted by atomic mass is 32.2. The topological polar surface area (TPSA) is 95.9 Å². The summed E-state index contributed by atoms with van der Waals surface area (Å²) in [4.78, 5) is 12.4. The number of aliphatic hydroxyl groups is 1.